The molecule has 5 aromatic rings. The normalized spacial score (nSPS) is 14.7. The molecule has 0 bridgehead atoms. The minimum absolute atomic E-state index is 0.0511. The number of nitrogens with one attached hydrogen (secondary N) is 1. The quantitative estimate of drug-likeness (QED) is 0.208. The average Bonchev–Trinajstić information content (AvgIpc) is 3.61. The third kappa shape index (κ3) is 5.41. The van der Waals surface area contributed by atoms with Crippen LogP contribution in [0.2, 0.25) is 0 Å². The highest BCUT2D eigenvalue weighted by atomic mass is 32.1. The fraction of sp³-hybridized carbons (Fsp3) is 0.0938. The number of anilines is 1. The zero-order chi connectivity index (χ0) is 30.1. The van der Waals surface area contributed by atoms with Gasteiger partial charge >= 0.3 is 0 Å². The molecule has 43 heavy (non-hydrogen) atoms. The fourth-order valence-electron chi connectivity index (χ4n) is 4.92. The van der Waals surface area contributed by atoms with Crippen molar-refractivity contribution in [3.8, 4) is 17.1 Å². The van der Waals surface area contributed by atoms with Crippen molar-refractivity contribution in [3.63, 3.8) is 0 Å². The average molecular weight is 593 g/mol. The number of aromatic nitrogens is 1. The van der Waals surface area contributed by atoms with Gasteiger partial charge in [0, 0.05) is 29.5 Å². The number of allylic oxidation sites excluding steroid dienone is 1. The van der Waals surface area contributed by atoms with Crippen LogP contribution in [-0.2, 0) is 4.79 Å². The van der Waals surface area contributed by atoms with E-state index < -0.39 is 11.0 Å². The predicted molar refractivity (Wildman–Crippen MR) is 163 cm³/mol. The highest BCUT2D eigenvalue weighted by Crippen LogP contribution is 2.32. The summed E-state index contributed by atoms with van der Waals surface area (Å²) in [5.41, 5.74) is 2.33. The Morgan fingerprint density at radius 2 is 1.84 bits per heavy atom. The van der Waals surface area contributed by atoms with Crippen LogP contribution >= 0.6 is 11.3 Å². The molecule has 3 heterocycles. The van der Waals surface area contributed by atoms with Gasteiger partial charge in [-0.3, -0.25) is 24.3 Å². The SMILES string of the molecule is COc1ccc([C@@H]2C(C(=O)Nc3ccccc3)=C(C)N=c3s/c(=C/c4ccc(-c5cccc([N+](=O)[O-])c5)o4)c(=O)n32)cc1. The van der Waals surface area contributed by atoms with Crippen LogP contribution in [0.25, 0.3) is 17.4 Å². The molecule has 0 radical (unpaired) electrons. The Kier molecular flexibility index (Phi) is 7.31. The van der Waals surface area contributed by atoms with E-state index in [1.165, 1.54) is 28.0 Å². The molecule has 1 aliphatic heterocycles. The highest BCUT2D eigenvalue weighted by molar-refractivity contribution is 7.07. The summed E-state index contributed by atoms with van der Waals surface area (Å²) in [7, 11) is 1.57. The van der Waals surface area contributed by atoms with E-state index in [-0.39, 0.29) is 17.2 Å². The topological polar surface area (TPSA) is 129 Å². The molecule has 11 heteroatoms. The Morgan fingerprint density at radius 1 is 1.07 bits per heavy atom. The second kappa shape index (κ2) is 11.4. The van der Waals surface area contributed by atoms with Gasteiger partial charge in [0.15, 0.2) is 4.80 Å². The van der Waals surface area contributed by atoms with Gasteiger partial charge in [0.25, 0.3) is 17.2 Å². The molecule has 1 aliphatic rings. The standard InChI is InChI=1S/C32H24N4O6S/c1-19-28(30(37)34-22-8-4-3-5-9-22)29(20-11-13-24(41-2)14-12-20)35-31(38)27(43-32(35)33-19)18-25-15-16-26(42-25)21-7-6-10-23(17-21)36(39)40/h3-18,29H,1-2H3,(H,34,37)/b27-18+/t29-/m1/s1. The van der Waals surface area contributed by atoms with Gasteiger partial charge in [-0.05, 0) is 48.9 Å². The van der Waals surface area contributed by atoms with Crippen LogP contribution in [0.3, 0.4) is 0 Å². The van der Waals surface area contributed by atoms with Gasteiger partial charge in [-0.15, -0.1) is 0 Å². The Balaban J connectivity index is 1.43. The molecule has 2 aromatic heterocycles. The lowest BCUT2D eigenvalue weighted by Gasteiger charge is -2.25. The van der Waals surface area contributed by atoms with E-state index in [1.54, 1.807) is 68.6 Å². The van der Waals surface area contributed by atoms with E-state index in [2.05, 4.69) is 10.3 Å². The Hall–Kier alpha value is -5.55. The summed E-state index contributed by atoms with van der Waals surface area (Å²) in [5, 5.41) is 14.1. The number of nitro benzene ring substituents is 1. The summed E-state index contributed by atoms with van der Waals surface area (Å²) in [6.45, 7) is 1.76. The lowest BCUT2D eigenvalue weighted by atomic mass is 9.95. The molecule has 3 aromatic carbocycles. The largest absolute Gasteiger partial charge is 0.497 e. The molecule has 0 saturated carbocycles. The summed E-state index contributed by atoms with van der Waals surface area (Å²) in [6, 6.07) is 25.1. The molecule has 0 saturated heterocycles. The van der Waals surface area contributed by atoms with E-state index in [0.29, 0.717) is 54.7 Å². The summed E-state index contributed by atoms with van der Waals surface area (Å²) in [5.74, 6) is 1.10. The number of benzene rings is 3. The molecule has 0 fully saturated rings. The van der Waals surface area contributed by atoms with Crippen molar-refractivity contribution in [1.82, 2.24) is 4.57 Å². The van der Waals surface area contributed by atoms with Crippen LogP contribution in [0.15, 0.2) is 116 Å². The summed E-state index contributed by atoms with van der Waals surface area (Å²) >= 11 is 1.18. The number of carbonyl (C=O) groups excluding carboxylic acids is 1. The molecule has 1 amide bonds. The summed E-state index contributed by atoms with van der Waals surface area (Å²) in [4.78, 5) is 43.4. The van der Waals surface area contributed by atoms with E-state index in [9.17, 15) is 19.7 Å². The van der Waals surface area contributed by atoms with Gasteiger partial charge in [-0.25, -0.2) is 4.99 Å². The Morgan fingerprint density at radius 3 is 2.56 bits per heavy atom. The first-order valence-corrected chi connectivity index (χ1v) is 14.0. The number of nitrogens with zero attached hydrogens (tertiary/aromatic N) is 3. The minimum Gasteiger partial charge on any atom is -0.497 e. The maximum Gasteiger partial charge on any atom is 0.271 e. The van der Waals surface area contributed by atoms with Crippen molar-refractivity contribution in [2.75, 3.05) is 12.4 Å². The van der Waals surface area contributed by atoms with Gasteiger partial charge in [0.05, 0.1) is 33.9 Å². The Labute approximate surface area is 248 Å². The van der Waals surface area contributed by atoms with Crippen LogP contribution in [0, 0.1) is 10.1 Å². The number of para-hydroxylation sites is 1. The summed E-state index contributed by atoms with van der Waals surface area (Å²) < 4.78 is 13.1. The number of hydrogen-bond acceptors (Lipinski definition) is 8. The van der Waals surface area contributed by atoms with Gasteiger partial charge in [-0.1, -0.05) is 53.8 Å². The number of furan rings is 1. The molecule has 1 N–H and O–H groups in total. The number of hydrogen-bond donors (Lipinski definition) is 1. The lowest BCUT2D eigenvalue weighted by molar-refractivity contribution is -0.384. The van der Waals surface area contributed by atoms with E-state index in [1.807, 2.05) is 30.3 Å². The molecular weight excluding hydrogens is 568 g/mol. The molecule has 6 rings (SSSR count). The first kappa shape index (κ1) is 27.6. The van der Waals surface area contributed by atoms with Gasteiger partial charge in [0.2, 0.25) is 0 Å². The molecule has 1 atom stereocenters. The number of carbonyl (C=O) groups is 1. The number of rotatable bonds is 7. The maximum atomic E-state index is 13.9. The third-order valence-electron chi connectivity index (χ3n) is 6.97. The van der Waals surface area contributed by atoms with Crippen molar-refractivity contribution >= 4 is 34.7 Å². The van der Waals surface area contributed by atoms with E-state index in [0.717, 1.165) is 0 Å². The third-order valence-corrected chi connectivity index (χ3v) is 7.95. The second-order valence-corrected chi connectivity index (χ2v) is 10.7. The number of non-ortho nitro benzene ring substituents is 1. The van der Waals surface area contributed by atoms with Crippen LogP contribution in [0.1, 0.15) is 24.3 Å². The molecule has 0 aliphatic carbocycles. The van der Waals surface area contributed by atoms with Gasteiger partial charge in [-0.2, -0.15) is 0 Å². The van der Waals surface area contributed by atoms with Crippen molar-refractivity contribution in [2.24, 2.45) is 4.99 Å². The number of methoxy groups -OCH3 is 1. The van der Waals surface area contributed by atoms with Gasteiger partial charge in [0.1, 0.15) is 17.3 Å². The molecular formula is C32H24N4O6S. The predicted octanol–water partition coefficient (Wildman–Crippen LogP) is 5.05. The number of thiazole rings is 1. The zero-order valence-corrected chi connectivity index (χ0v) is 23.8. The first-order valence-electron chi connectivity index (χ1n) is 13.2. The molecule has 0 spiro atoms. The first-order chi connectivity index (χ1) is 20.8. The van der Waals surface area contributed by atoms with Crippen LogP contribution < -0.4 is 24.9 Å². The van der Waals surface area contributed by atoms with Crippen LogP contribution in [-0.4, -0.2) is 22.5 Å². The van der Waals surface area contributed by atoms with Crippen molar-refractivity contribution in [2.45, 2.75) is 13.0 Å². The molecule has 10 nitrogen and oxygen atoms in total. The maximum absolute atomic E-state index is 13.9. The van der Waals surface area contributed by atoms with E-state index >= 15 is 0 Å². The number of ether oxygens (including phenoxy) is 1. The minimum atomic E-state index is -0.745. The van der Waals surface area contributed by atoms with Crippen LogP contribution in [0.5, 0.6) is 5.75 Å². The van der Waals surface area contributed by atoms with Crippen molar-refractivity contribution in [1.29, 1.82) is 0 Å². The molecule has 0 unspecified atom stereocenters. The monoisotopic (exact) mass is 592 g/mol. The van der Waals surface area contributed by atoms with Crippen molar-refractivity contribution < 1.29 is 18.9 Å². The second-order valence-electron chi connectivity index (χ2n) is 9.68. The summed E-state index contributed by atoms with van der Waals surface area (Å²) in [6.07, 6.45) is 1.61. The smallest absolute Gasteiger partial charge is 0.271 e. The Bertz CT molecular complexity index is 2070. The van der Waals surface area contributed by atoms with Crippen LogP contribution in [0.4, 0.5) is 11.4 Å². The zero-order valence-electron chi connectivity index (χ0n) is 23.0. The number of fused-ring (bicyclic) bond motifs is 1. The number of nitro groups is 1. The lowest BCUT2D eigenvalue weighted by Crippen LogP contribution is -2.40. The molecule has 214 valence electrons. The van der Waals surface area contributed by atoms with E-state index in [4.69, 9.17) is 9.15 Å². The van der Waals surface area contributed by atoms with Gasteiger partial charge < -0.3 is 14.5 Å². The number of amides is 1. The fourth-order valence-corrected chi connectivity index (χ4v) is 5.95. The highest BCUT2D eigenvalue weighted by Gasteiger charge is 2.32. The van der Waals surface area contributed by atoms with Crippen molar-refractivity contribution in [3.05, 3.63) is 143 Å².